The molecule has 5 nitrogen and oxygen atoms in total. The van der Waals surface area contributed by atoms with Crippen molar-refractivity contribution in [3.05, 3.63) is 16.1 Å². The monoisotopic (exact) mass is 256 g/mol. The lowest BCUT2D eigenvalue weighted by Crippen LogP contribution is -2.40. The van der Waals surface area contributed by atoms with Crippen LogP contribution in [0.3, 0.4) is 0 Å². The topological polar surface area (TPSA) is 79.3 Å². The zero-order chi connectivity index (χ0) is 12.8. The van der Waals surface area contributed by atoms with Crippen LogP contribution in [-0.4, -0.2) is 28.0 Å². The van der Waals surface area contributed by atoms with Crippen molar-refractivity contribution in [3.63, 3.8) is 0 Å². The number of rotatable bonds is 6. The molecular formula is C11H16N2O3S. The van der Waals surface area contributed by atoms with Gasteiger partial charge in [0, 0.05) is 0 Å². The van der Waals surface area contributed by atoms with E-state index in [2.05, 4.69) is 10.3 Å². The second-order valence-electron chi connectivity index (χ2n) is 3.63. The summed E-state index contributed by atoms with van der Waals surface area (Å²) in [6.07, 6.45) is 1.81. The number of nitrogens with one attached hydrogen (secondary N) is 1. The van der Waals surface area contributed by atoms with Crippen LogP contribution in [0.15, 0.2) is 5.51 Å². The van der Waals surface area contributed by atoms with Crippen molar-refractivity contribution >= 4 is 23.2 Å². The second kappa shape index (κ2) is 6.34. The summed E-state index contributed by atoms with van der Waals surface area (Å²) in [6.45, 7) is 3.79. The first-order chi connectivity index (χ1) is 8.10. The third-order valence-electron chi connectivity index (χ3n) is 2.36. The first-order valence-electron chi connectivity index (χ1n) is 5.56. The Morgan fingerprint density at radius 3 is 2.76 bits per heavy atom. The Bertz CT molecular complexity index is 403. The summed E-state index contributed by atoms with van der Waals surface area (Å²) >= 11 is 1.24. The Kier molecular flexibility index (Phi) is 5.09. The van der Waals surface area contributed by atoms with Crippen LogP contribution in [0.4, 0.5) is 0 Å². The third-order valence-corrected chi connectivity index (χ3v) is 3.23. The van der Waals surface area contributed by atoms with Crippen LogP contribution in [0.25, 0.3) is 0 Å². The Labute approximate surface area is 104 Å². The standard InChI is InChI=1S/C11H16N2O3S/c1-3-5-8(11(15)16)13-10(14)9-7(4-2)12-6-17-9/h6,8H,3-5H2,1-2H3,(H,13,14)(H,15,16). The van der Waals surface area contributed by atoms with Gasteiger partial charge in [0.25, 0.3) is 5.91 Å². The highest BCUT2D eigenvalue weighted by atomic mass is 32.1. The molecule has 1 aromatic heterocycles. The third kappa shape index (κ3) is 3.52. The molecule has 94 valence electrons. The lowest BCUT2D eigenvalue weighted by Gasteiger charge is -2.12. The molecule has 0 radical (unpaired) electrons. The molecule has 0 aliphatic heterocycles. The van der Waals surface area contributed by atoms with Crippen LogP contribution in [0.1, 0.15) is 42.1 Å². The van der Waals surface area contributed by atoms with Crippen molar-refractivity contribution in [2.24, 2.45) is 0 Å². The number of carbonyl (C=O) groups is 2. The number of aromatic nitrogens is 1. The Balaban J connectivity index is 2.73. The van der Waals surface area contributed by atoms with Crippen LogP contribution in [-0.2, 0) is 11.2 Å². The maximum Gasteiger partial charge on any atom is 0.326 e. The average Bonchev–Trinajstić information content (AvgIpc) is 2.76. The molecule has 0 aromatic carbocycles. The number of hydrogen-bond donors (Lipinski definition) is 2. The van der Waals surface area contributed by atoms with Gasteiger partial charge in [-0.3, -0.25) is 4.79 Å². The molecule has 1 aromatic rings. The SMILES string of the molecule is CCCC(NC(=O)c1scnc1CC)C(=O)O. The molecule has 6 heteroatoms. The molecule has 0 fully saturated rings. The van der Waals surface area contributed by atoms with Crippen molar-refractivity contribution < 1.29 is 14.7 Å². The Morgan fingerprint density at radius 1 is 1.53 bits per heavy atom. The predicted octanol–water partition coefficient (Wildman–Crippen LogP) is 1.69. The number of aliphatic carboxylic acids is 1. The van der Waals surface area contributed by atoms with E-state index in [1.54, 1.807) is 5.51 Å². The molecule has 0 spiro atoms. The number of thiazole rings is 1. The quantitative estimate of drug-likeness (QED) is 0.811. The van der Waals surface area contributed by atoms with Crippen LogP contribution in [0, 0.1) is 0 Å². The van der Waals surface area contributed by atoms with Crippen molar-refractivity contribution in [2.45, 2.75) is 39.2 Å². The largest absolute Gasteiger partial charge is 0.480 e. The molecule has 0 bridgehead atoms. The van der Waals surface area contributed by atoms with Gasteiger partial charge in [0.15, 0.2) is 0 Å². The first kappa shape index (κ1) is 13.6. The van der Waals surface area contributed by atoms with E-state index in [0.717, 1.165) is 0 Å². The van der Waals surface area contributed by atoms with E-state index in [1.807, 2.05) is 13.8 Å². The maximum atomic E-state index is 11.9. The van der Waals surface area contributed by atoms with Gasteiger partial charge in [0.05, 0.1) is 11.2 Å². The fourth-order valence-corrected chi connectivity index (χ4v) is 2.26. The van der Waals surface area contributed by atoms with Crippen LogP contribution >= 0.6 is 11.3 Å². The lowest BCUT2D eigenvalue weighted by molar-refractivity contribution is -0.139. The summed E-state index contributed by atoms with van der Waals surface area (Å²) in [5.41, 5.74) is 2.32. The molecule has 0 aliphatic rings. The number of amides is 1. The summed E-state index contributed by atoms with van der Waals surface area (Å²) < 4.78 is 0. The molecular weight excluding hydrogens is 240 g/mol. The molecule has 1 atom stereocenters. The lowest BCUT2D eigenvalue weighted by atomic mass is 10.1. The zero-order valence-corrected chi connectivity index (χ0v) is 10.7. The Hall–Kier alpha value is -1.43. The normalized spacial score (nSPS) is 12.1. The summed E-state index contributed by atoms with van der Waals surface area (Å²) in [7, 11) is 0. The van der Waals surface area contributed by atoms with Gasteiger partial charge < -0.3 is 10.4 Å². The van der Waals surface area contributed by atoms with Gasteiger partial charge in [-0.05, 0) is 12.8 Å². The molecule has 1 unspecified atom stereocenters. The summed E-state index contributed by atoms with van der Waals surface area (Å²) in [5, 5.41) is 11.5. The highest BCUT2D eigenvalue weighted by Crippen LogP contribution is 2.14. The minimum atomic E-state index is -0.997. The molecule has 0 aliphatic carbocycles. The minimum Gasteiger partial charge on any atom is -0.480 e. The van der Waals surface area contributed by atoms with Gasteiger partial charge in [0.2, 0.25) is 0 Å². The highest BCUT2D eigenvalue weighted by Gasteiger charge is 2.21. The maximum absolute atomic E-state index is 11.9. The van der Waals surface area contributed by atoms with E-state index in [-0.39, 0.29) is 5.91 Å². The average molecular weight is 256 g/mol. The second-order valence-corrected chi connectivity index (χ2v) is 4.49. The van der Waals surface area contributed by atoms with Gasteiger partial charge in [0.1, 0.15) is 10.9 Å². The van der Waals surface area contributed by atoms with Crippen LogP contribution in [0.5, 0.6) is 0 Å². The molecule has 1 heterocycles. The molecule has 17 heavy (non-hydrogen) atoms. The van der Waals surface area contributed by atoms with Gasteiger partial charge >= 0.3 is 5.97 Å². The number of carboxylic acids is 1. The number of hydrogen-bond acceptors (Lipinski definition) is 4. The molecule has 1 rings (SSSR count). The van der Waals surface area contributed by atoms with Crippen molar-refractivity contribution in [1.29, 1.82) is 0 Å². The first-order valence-corrected chi connectivity index (χ1v) is 6.44. The predicted molar refractivity (Wildman–Crippen MR) is 65.3 cm³/mol. The molecule has 0 saturated heterocycles. The van der Waals surface area contributed by atoms with Crippen LogP contribution < -0.4 is 5.32 Å². The van der Waals surface area contributed by atoms with E-state index in [1.165, 1.54) is 11.3 Å². The van der Waals surface area contributed by atoms with Crippen LogP contribution in [0.2, 0.25) is 0 Å². The number of carboxylic acid groups (broad SMARTS) is 1. The van der Waals surface area contributed by atoms with Gasteiger partial charge in [-0.25, -0.2) is 9.78 Å². The van der Waals surface area contributed by atoms with E-state index in [4.69, 9.17) is 5.11 Å². The van der Waals surface area contributed by atoms with Gasteiger partial charge in [-0.1, -0.05) is 20.3 Å². The number of nitrogens with zero attached hydrogens (tertiary/aromatic N) is 1. The number of aryl methyl sites for hydroxylation is 1. The highest BCUT2D eigenvalue weighted by molar-refractivity contribution is 7.11. The summed E-state index contributed by atoms with van der Waals surface area (Å²) in [5.74, 6) is -1.34. The van der Waals surface area contributed by atoms with Gasteiger partial charge in [-0.2, -0.15) is 0 Å². The summed E-state index contributed by atoms with van der Waals surface area (Å²) in [4.78, 5) is 27.4. The van der Waals surface area contributed by atoms with E-state index < -0.39 is 12.0 Å². The van der Waals surface area contributed by atoms with E-state index in [9.17, 15) is 9.59 Å². The fourth-order valence-electron chi connectivity index (χ4n) is 1.48. The molecule has 2 N–H and O–H groups in total. The minimum absolute atomic E-state index is 0.342. The molecule has 1 amide bonds. The Morgan fingerprint density at radius 2 is 2.24 bits per heavy atom. The van der Waals surface area contributed by atoms with Gasteiger partial charge in [-0.15, -0.1) is 11.3 Å². The smallest absolute Gasteiger partial charge is 0.326 e. The zero-order valence-electron chi connectivity index (χ0n) is 9.90. The van der Waals surface area contributed by atoms with Crippen molar-refractivity contribution in [1.82, 2.24) is 10.3 Å². The van der Waals surface area contributed by atoms with E-state index in [0.29, 0.717) is 29.8 Å². The summed E-state index contributed by atoms with van der Waals surface area (Å²) in [6, 6.07) is -0.820. The van der Waals surface area contributed by atoms with Crippen molar-refractivity contribution in [2.75, 3.05) is 0 Å². The number of carbonyl (C=O) groups excluding carboxylic acids is 1. The van der Waals surface area contributed by atoms with Crippen molar-refractivity contribution in [3.8, 4) is 0 Å². The van der Waals surface area contributed by atoms with E-state index >= 15 is 0 Å². The molecule has 0 saturated carbocycles. The fraction of sp³-hybridized carbons (Fsp3) is 0.545.